The Hall–Kier alpha value is -4.79. The van der Waals surface area contributed by atoms with Crippen LogP contribution in [0.5, 0.6) is 5.75 Å². The van der Waals surface area contributed by atoms with Gasteiger partial charge in [0.15, 0.2) is 12.2 Å². The zero-order valence-corrected chi connectivity index (χ0v) is 19.5. The van der Waals surface area contributed by atoms with Gasteiger partial charge in [-0.15, -0.1) is 6.42 Å². The molecule has 1 amide bonds. The van der Waals surface area contributed by atoms with Crippen LogP contribution in [0.15, 0.2) is 56.6 Å². The molecule has 4 aromatic rings. The Labute approximate surface area is 207 Å². The summed E-state index contributed by atoms with van der Waals surface area (Å²) in [5, 5.41) is 6.93. The molecule has 12 heteroatoms. The van der Waals surface area contributed by atoms with Gasteiger partial charge in [0.1, 0.15) is 17.1 Å². The van der Waals surface area contributed by atoms with Crippen molar-refractivity contribution in [1.82, 2.24) is 19.6 Å². The van der Waals surface area contributed by atoms with Crippen LogP contribution < -0.4 is 21.3 Å². The highest BCUT2D eigenvalue weighted by atomic mass is 19.4. The van der Waals surface area contributed by atoms with Gasteiger partial charge in [-0.25, -0.2) is 9.36 Å². The minimum atomic E-state index is -4.88. The van der Waals surface area contributed by atoms with Crippen LogP contribution in [0.4, 0.5) is 13.2 Å². The molecule has 0 aliphatic heterocycles. The molecule has 0 saturated carbocycles. The Kier molecular flexibility index (Phi) is 6.63. The summed E-state index contributed by atoms with van der Waals surface area (Å²) in [7, 11) is 0.931. The molecule has 0 bridgehead atoms. The number of benzene rings is 2. The number of hydrogen-bond acceptors (Lipinski definition) is 6. The maximum atomic E-state index is 13.2. The smallest absolute Gasteiger partial charge is 0.431 e. The number of alkyl halides is 3. The van der Waals surface area contributed by atoms with Crippen molar-refractivity contribution in [3.8, 4) is 35.0 Å². The van der Waals surface area contributed by atoms with Gasteiger partial charge in [-0.3, -0.25) is 14.2 Å². The van der Waals surface area contributed by atoms with Crippen molar-refractivity contribution in [2.24, 2.45) is 7.05 Å². The summed E-state index contributed by atoms with van der Waals surface area (Å²) < 4.78 is 51.7. The van der Waals surface area contributed by atoms with Crippen molar-refractivity contribution in [1.29, 1.82) is 0 Å². The second-order valence-electron chi connectivity index (χ2n) is 8.02. The second-order valence-corrected chi connectivity index (χ2v) is 8.02. The number of hydrogen-bond donors (Lipinski definition) is 1. The third-order valence-electron chi connectivity index (χ3n) is 5.46. The average Bonchev–Trinajstić information content (AvgIpc) is 3.26. The molecule has 2 aromatic heterocycles. The van der Waals surface area contributed by atoms with Crippen molar-refractivity contribution in [3.05, 3.63) is 74.6 Å². The number of amides is 1. The van der Waals surface area contributed by atoms with E-state index in [0.29, 0.717) is 31.9 Å². The summed E-state index contributed by atoms with van der Waals surface area (Å²) in [6.45, 7) is 1.55. The molecule has 0 spiro atoms. The van der Waals surface area contributed by atoms with E-state index in [9.17, 15) is 27.6 Å². The molecule has 9 nitrogen and oxygen atoms in total. The Balaban J connectivity index is 1.81. The molecule has 0 aliphatic rings. The van der Waals surface area contributed by atoms with E-state index < -0.39 is 29.0 Å². The number of aromatic nitrogens is 3. The Morgan fingerprint density at radius 1 is 1.19 bits per heavy atom. The standard InChI is InChI=1S/C25H19F3N4O5/c1-4-9-29-21(33)13-36-18-7-5-14(2)10-16(18)23-17-11-15(6-8-19(17)37-30-23)32-22(34)12-20(25(26,27)28)31(3)24(32)35/h1,5-8,10-12H,9,13H2,2-3H3,(H,29,33). The van der Waals surface area contributed by atoms with Crippen LogP contribution in [0.2, 0.25) is 0 Å². The fraction of sp³-hybridized carbons (Fsp3) is 0.200. The summed E-state index contributed by atoms with van der Waals surface area (Å²) in [4.78, 5) is 37.2. The van der Waals surface area contributed by atoms with Crippen LogP contribution >= 0.6 is 0 Å². The maximum absolute atomic E-state index is 13.2. The predicted octanol–water partition coefficient (Wildman–Crippen LogP) is 2.80. The third-order valence-corrected chi connectivity index (χ3v) is 5.46. The van der Waals surface area contributed by atoms with E-state index in [-0.39, 0.29) is 30.1 Å². The molecular weight excluding hydrogens is 493 g/mol. The predicted molar refractivity (Wildman–Crippen MR) is 127 cm³/mol. The molecular formula is C25H19F3N4O5. The fourth-order valence-corrected chi connectivity index (χ4v) is 3.69. The molecule has 1 N–H and O–H groups in total. The molecule has 0 fully saturated rings. The number of aryl methyl sites for hydroxylation is 1. The van der Waals surface area contributed by atoms with E-state index in [0.717, 1.165) is 12.6 Å². The number of fused-ring (bicyclic) bond motifs is 1. The molecule has 2 aromatic carbocycles. The average molecular weight is 512 g/mol. The lowest BCUT2D eigenvalue weighted by molar-refractivity contribution is -0.144. The lowest BCUT2D eigenvalue weighted by Gasteiger charge is -2.14. The minimum Gasteiger partial charge on any atom is -0.483 e. The van der Waals surface area contributed by atoms with Gasteiger partial charge in [0.05, 0.1) is 17.6 Å². The SMILES string of the molecule is C#CCNC(=O)COc1ccc(C)cc1-c1noc2ccc(-n3c(=O)cc(C(F)(F)F)n(C)c3=O)cc12. The number of carbonyl (C=O) groups is 1. The van der Waals surface area contributed by atoms with Crippen molar-refractivity contribution >= 4 is 16.9 Å². The van der Waals surface area contributed by atoms with E-state index in [1.54, 1.807) is 18.2 Å². The lowest BCUT2D eigenvalue weighted by atomic mass is 10.0. The number of rotatable bonds is 6. The Morgan fingerprint density at radius 2 is 1.95 bits per heavy atom. The molecule has 4 rings (SSSR count). The first-order chi connectivity index (χ1) is 17.5. The number of halogens is 3. The van der Waals surface area contributed by atoms with Gasteiger partial charge in [-0.05, 0) is 37.3 Å². The van der Waals surface area contributed by atoms with Gasteiger partial charge in [0.2, 0.25) is 0 Å². The maximum Gasteiger partial charge on any atom is 0.431 e. The summed E-state index contributed by atoms with van der Waals surface area (Å²) in [5.74, 6) is 2.15. The van der Waals surface area contributed by atoms with Gasteiger partial charge in [-0.1, -0.05) is 22.7 Å². The zero-order valence-electron chi connectivity index (χ0n) is 19.5. The van der Waals surface area contributed by atoms with Crippen molar-refractivity contribution < 1.29 is 27.2 Å². The lowest BCUT2D eigenvalue weighted by Crippen LogP contribution is -2.40. The topological polar surface area (TPSA) is 108 Å². The Bertz CT molecular complexity index is 1680. The summed E-state index contributed by atoms with van der Waals surface area (Å²) in [5.41, 5.74) is -1.82. The second kappa shape index (κ2) is 9.69. The highest BCUT2D eigenvalue weighted by Gasteiger charge is 2.35. The number of carbonyl (C=O) groups excluding carboxylic acids is 1. The normalized spacial score (nSPS) is 11.4. The largest absolute Gasteiger partial charge is 0.483 e. The fourth-order valence-electron chi connectivity index (χ4n) is 3.69. The van der Waals surface area contributed by atoms with Crippen LogP contribution in [-0.4, -0.2) is 33.3 Å². The van der Waals surface area contributed by atoms with Gasteiger partial charge >= 0.3 is 11.9 Å². The van der Waals surface area contributed by atoms with E-state index >= 15 is 0 Å². The van der Waals surface area contributed by atoms with Crippen LogP contribution in [0, 0.1) is 19.3 Å². The van der Waals surface area contributed by atoms with Gasteiger partial charge in [0.25, 0.3) is 11.5 Å². The summed E-state index contributed by atoms with van der Waals surface area (Å²) >= 11 is 0. The molecule has 37 heavy (non-hydrogen) atoms. The number of nitrogens with zero attached hydrogens (tertiary/aromatic N) is 3. The first-order valence-electron chi connectivity index (χ1n) is 10.8. The Morgan fingerprint density at radius 3 is 2.65 bits per heavy atom. The van der Waals surface area contributed by atoms with Gasteiger partial charge in [-0.2, -0.15) is 13.2 Å². The van der Waals surface area contributed by atoms with E-state index in [1.165, 1.54) is 18.2 Å². The van der Waals surface area contributed by atoms with Crippen molar-refractivity contribution in [2.45, 2.75) is 13.1 Å². The molecule has 190 valence electrons. The monoisotopic (exact) mass is 512 g/mol. The van der Waals surface area contributed by atoms with Gasteiger partial charge in [0, 0.05) is 18.7 Å². The number of ether oxygens (including phenoxy) is 1. The summed E-state index contributed by atoms with van der Waals surface area (Å²) in [6.07, 6.45) is 0.255. The van der Waals surface area contributed by atoms with E-state index in [2.05, 4.69) is 16.4 Å². The summed E-state index contributed by atoms with van der Waals surface area (Å²) in [6, 6.07) is 9.70. The van der Waals surface area contributed by atoms with Crippen molar-refractivity contribution in [2.75, 3.05) is 13.2 Å². The van der Waals surface area contributed by atoms with Crippen LogP contribution in [0.1, 0.15) is 11.3 Å². The molecule has 0 aliphatic carbocycles. The minimum absolute atomic E-state index is 0.0139. The quantitative estimate of drug-likeness (QED) is 0.398. The number of nitrogens with one attached hydrogen (secondary N) is 1. The first kappa shape index (κ1) is 25.3. The van der Waals surface area contributed by atoms with E-state index in [4.69, 9.17) is 15.7 Å². The first-order valence-corrected chi connectivity index (χ1v) is 10.8. The van der Waals surface area contributed by atoms with Crippen LogP contribution in [0.3, 0.4) is 0 Å². The molecule has 0 saturated heterocycles. The zero-order chi connectivity index (χ0) is 26.9. The van der Waals surface area contributed by atoms with E-state index in [1.807, 2.05) is 6.92 Å². The van der Waals surface area contributed by atoms with Crippen molar-refractivity contribution in [3.63, 3.8) is 0 Å². The van der Waals surface area contributed by atoms with Gasteiger partial charge < -0.3 is 14.6 Å². The van der Waals surface area contributed by atoms with Crippen LogP contribution in [-0.2, 0) is 18.0 Å². The third kappa shape index (κ3) is 4.97. The molecule has 2 heterocycles. The molecule has 0 unspecified atom stereocenters. The highest BCUT2D eigenvalue weighted by molar-refractivity contribution is 5.94. The number of terminal acetylenes is 1. The molecule has 0 radical (unpaired) electrons. The van der Waals surface area contributed by atoms with Crippen LogP contribution in [0.25, 0.3) is 27.9 Å². The molecule has 0 atom stereocenters. The highest BCUT2D eigenvalue weighted by Crippen LogP contribution is 2.36.